The second kappa shape index (κ2) is 55.9. The maximum Gasteiger partial charge on any atom is 0.344 e. The van der Waals surface area contributed by atoms with Crippen LogP contribution in [0.1, 0.15) is 123 Å². The molecule has 4 N–H and O–H groups in total. The highest BCUT2D eigenvalue weighted by Crippen LogP contribution is 2.41. The van der Waals surface area contributed by atoms with Gasteiger partial charge in [-0.05, 0) is 292 Å². The van der Waals surface area contributed by atoms with Crippen molar-refractivity contribution in [2.24, 2.45) is 0 Å². The van der Waals surface area contributed by atoms with E-state index in [-0.39, 0.29) is 43.0 Å². The fourth-order valence-electron chi connectivity index (χ4n) is 15.5. The van der Waals surface area contributed by atoms with E-state index < -0.39 is 17.9 Å². The minimum atomic E-state index is -0.450. The molecule has 28 heteroatoms. The number of benzene rings is 11. The van der Waals surface area contributed by atoms with Gasteiger partial charge in [0.2, 0.25) is 0 Å². The zero-order valence-electron chi connectivity index (χ0n) is 82.4. The molecule has 15 rings (SSSR count). The number of rotatable bonds is 33. The topological polar surface area (TPSA) is 312 Å². The van der Waals surface area contributed by atoms with Crippen LogP contribution in [0.25, 0.3) is 66.5 Å². The first kappa shape index (κ1) is 109. The summed E-state index contributed by atoms with van der Waals surface area (Å²) < 4.78 is 72.0. The first-order valence-electron chi connectivity index (χ1n) is 46.0. The number of esters is 4. The summed E-state index contributed by atoms with van der Waals surface area (Å²) in [6.45, 7) is 28.1. The maximum absolute atomic E-state index is 11.7. The molecular formula is C112H126BrClN4O22. The van der Waals surface area contributed by atoms with Crippen LogP contribution in [0.5, 0.6) is 69.0 Å². The Hall–Kier alpha value is -14.4. The van der Waals surface area contributed by atoms with Gasteiger partial charge in [-0.25, -0.2) is 14.4 Å². The van der Waals surface area contributed by atoms with E-state index in [1.54, 1.807) is 84.4 Å². The summed E-state index contributed by atoms with van der Waals surface area (Å²) in [5, 5.41) is 32.9. The number of nitrogens with zero attached hydrogens (tertiary/aromatic N) is 3. The van der Waals surface area contributed by atoms with E-state index in [4.69, 9.17) is 73.5 Å². The molecular weight excluding hydrogens is 1870 g/mol. The summed E-state index contributed by atoms with van der Waals surface area (Å²) >= 11 is 8.65. The van der Waals surface area contributed by atoms with Crippen LogP contribution in [-0.2, 0) is 57.1 Å². The Morgan fingerprint density at radius 2 is 0.771 bits per heavy atom. The molecule has 0 saturated carbocycles. The SMILES string of the molecule is CCOC(=O)CBr.CCOC(=O)COc1ccc(C=O)cc1OC.CCOC(=O)COc1ccc(CCl)cc1OC.CCOC(=O)COc1ccc(Cn2c(-c3ccc(C)cc3)c(C)c3cc(C)ccc32)cc1OC.COc1cc(C=O)ccc1O.COc1cc(Cn2c(-c3ccc(O)cc3)c(C)c3cc(O)ccc32)ccc1OCCN1CCCCC1.Cc1ccc(-c2[nH]c3ccc(C)cc3c2C)cc1. The van der Waals surface area contributed by atoms with Gasteiger partial charge < -0.3 is 91.0 Å². The number of aromatic amines is 1. The highest BCUT2D eigenvalue weighted by atomic mass is 79.9. The number of hydrogen-bond acceptors (Lipinski definition) is 23. The highest BCUT2D eigenvalue weighted by Gasteiger charge is 2.23. The van der Waals surface area contributed by atoms with Crippen molar-refractivity contribution in [2.45, 2.75) is 114 Å². The molecule has 740 valence electrons. The molecule has 1 fully saturated rings. The first-order chi connectivity index (χ1) is 67.6. The van der Waals surface area contributed by atoms with Gasteiger partial charge in [0.15, 0.2) is 77.3 Å². The van der Waals surface area contributed by atoms with E-state index >= 15 is 0 Å². The van der Waals surface area contributed by atoms with E-state index in [1.807, 2.05) is 60.7 Å². The van der Waals surface area contributed by atoms with Gasteiger partial charge >= 0.3 is 23.9 Å². The number of ether oxygens (including phenoxy) is 13. The largest absolute Gasteiger partial charge is 0.508 e. The fraction of sp³-hybridized carbons (Fsp3) is 0.304. The molecule has 1 saturated heterocycles. The number of carbonyl (C=O) groups excluding carboxylic acids is 6. The van der Waals surface area contributed by atoms with Crippen molar-refractivity contribution in [3.05, 3.63) is 285 Å². The quantitative estimate of drug-likeness (QED) is 0.0128. The highest BCUT2D eigenvalue weighted by molar-refractivity contribution is 9.09. The number of H-pyrrole nitrogens is 1. The Balaban J connectivity index is 0.000000193. The molecule has 1 aliphatic rings. The van der Waals surface area contributed by atoms with Gasteiger partial charge in [0.05, 0.1) is 73.4 Å². The predicted molar refractivity (Wildman–Crippen MR) is 553 cm³/mol. The Bertz CT molecular complexity index is 6420. The molecule has 0 atom stereocenters. The molecule has 0 amide bonds. The number of hydrogen-bond donors (Lipinski definition) is 4. The van der Waals surface area contributed by atoms with Crippen LogP contribution in [0, 0.1) is 48.5 Å². The van der Waals surface area contributed by atoms with Crippen molar-refractivity contribution in [3.8, 4) is 103 Å². The lowest BCUT2D eigenvalue weighted by molar-refractivity contribution is -0.146. The molecule has 140 heavy (non-hydrogen) atoms. The van der Waals surface area contributed by atoms with Crippen LogP contribution >= 0.6 is 27.5 Å². The van der Waals surface area contributed by atoms with Crippen LogP contribution in [-0.4, -0.2) is 184 Å². The minimum Gasteiger partial charge on any atom is -0.508 e. The van der Waals surface area contributed by atoms with E-state index in [9.17, 15) is 39.0 Å². The summed E-state index contributed by atoms with van der Waals surface area (Å²) in [5.41, 5.74) is 23.2. The standard InChI is InChI=1S/C30H34N2O4.C29H31NO4.C17H17N.C12H15ClO4.C12H14O5.C8H8O3.C4H7BrO2/c1-21-26-19-25(34)11-12-27(26)32(30(21)23-7-9-24(33)10-8-23)20-22-6-13-28(29(18-22)35-2)36-17-16-31-14-4-3-5-15-31;1-6-33-28(31)18-34-26-14-10-22(16-27(26)32-5)17-30-25-13-9-20(3)15-24(25)21(4)29(30)23-11-7-19(2)8-12-23;1-11-4-7-14(8-5-11)17-13(3)15-10-12(2)6-9-16(15)18-17;2*1-3-16-12(14)8-17-10-5-4-9(7-13)6-11(10)15-2;1-11-8-4-6(5-9)2-3-7(8)10;1-2-7-4(6)3-5/h6-13,18-19,33-34H,3-5,14-17,20H2,1-2H3;7-16H,6,17-18H2,1-5H3;4-10,18H,1-3H3;4-6H,3,7-8H2,1-2H3;4-7H,3,8H2,1-2H3;2-5,10H,1H3;2-3H2,1H3. The summed E-state index contributed by atoms with van der Waals surface area (Å²) in [5.74, 6) is 4.19. The number of phenols is 3. The molecule has 0 unspecified atom stereocenters. The zero-order chi connectivity index (χ0) is 101. The average Bonchev–Trinajstić information content (AvgIpc) is 1.61. The Labute approximate surface area is 831 Å². The third-order valence-electron chi connectivity index (χ3n) is 22.5. The lowest BCUT2D eigenvalue weighted by atomic mass is 10.0. The number of piperidine rings is 1. The number of aromatic nitrogens is 3. The van der Waals surface area contributed by atoms with Crippen molar-refractivity contribution >= 4 is 96.7 Å². The number of aromatic hydroxyl groups is 3. The zero-order valence-corrected chi connectivity index (χ0v) is 84.7. The Morgan fingerprint density at radius 3 is 1.23 bits per heavy atom. The maximum atomic E-state index is 11.7. The number of likely N-dealkylation sites (tertiary alicyclic amines) is 1. The van der Waals surface area contributed by atoms with Crippen LogP contribution in [0.4, 0.5) is 0 Å². The molecule has 4 heterocycles. The summed E-state index contributed by atoms with van der Waals surface area (Å²) in [6.07, 6.45) is 5.28. The second-order valence-corrected chi connectivity index (χ2v) is 33.3. The fourth-order valence-corrected chi connectivity index (χ4v) is 15.8. The number of carbonyl (C=O) groups is 6. The molecule has 3 aromatic heterocycles. The van der Waals surface area contributed by atoms with E-state index in [1.165, 1.54) is 143 Å². The number of aldehydes is 2. The molecule has 26 nitrogen and oxygen atoms in total. The lowest BCUT2D eigenvalue weighted by Gasteiger charge is -2.26. The van der Waals surface area contributed by atoms with Crippen molar-refractivity contribution in [1.29, 1.82) is 0 Å². The van der Waals surface area contributed by atoms with E-state index in [0.29, 0.717) is 121 Å². The minimum absolute atomic E-state index is 0.0399. The summed E-state index contributed by atoms with van der Waals surface area (Å²) in [4.78, 5) is 70.9. The molecule has 0 aliphatic carbocycles. The number of aryl methyl sites for hydroxylation is 7. The summed E-state index contributed by atoms with van der Waals surface area (Å²) in [6, 6.07) is 69.6. The van der Waals surface area contributed by atoms with Gasteiger partial charge in [0.25, 0.3) is 0 Å². The second-order valence-electron chi connectivity index (χ2n) is 32.4. The first-order valence-corrected chi connectivity index (χ1v) is 47.6. The average molecular weight is 2000 g/mol. The van der Waals surface area contributed by atoms with Crippen LogP contribution in [0.2, 0.25) is 0 Å². The van der Waals surface area contributed by atoms with Crippen LogP contribution in [0.15, 0.2) is 218 Å². The number of fused-ring (bicyclic) bond motifs is 3. The number of phenolic OH excluding ortho intramolecular Hbond substituents is 3. The van der Waals surface area contributed by atoms with Gasteiger partial charge in [-0.2, -0.15) is 0 Å². The number of alkyl halides is 2. The van der Waals surface area contributed by atoms with E-state index in [2.05, 4.69) is 179 Å². The normalized spacial score (nSPS) is 11.2. The number of nitrogens with one attached hydrogen (secondary N) is 1. The van der Waals surface area contributed by atoms with E-state index in [0.717, 1.165) is 75.5 Å². The molecule has 1 aliphatic heterocycles. The third-order valence-corrected chi connectivity index (χ3v) is 23.2. The van der Waals surface area contributed by atoms with Gasteiger partial charge in [-0.15, -0.1) is 11.6 Å². The summed E-state index contributed by atoms with van der Waals surface area (Å²) in [7, 11) is 7.71. The number of halogens is 2. The van der Waals surface area contributed by atoms with Crippen molar-refractivity contribution in [3.63, 3.8) is 0 Å². The predicted octanol–water partition coefficient (Wildman–Crippen LogP) is 22.9. The monoisotopic (exact) mass is 1990 g/mol. The smallest absolute Gasteiger partial charge is 0.344 e. The molecule has 11 aromatic carbocycles. The van der Waals surface area contributed by atoms with Gasteiger partial charge in [0, 0.05) is 75.0 Å². The van der Waals surface area contributed by atoms with Crippen molar-refractivity contribution in [1.82, 2.24) is 19.0 Å². The van der Waals surface area contributed by atoms with Gasteiger partial charge in [-0.1, -0.05) is 123 Å². The Morgan fingerprint density at radius 1 is 0.386 bits per heavy atom. The van der Waals surface area contributed by atoms with Crippen molar-refractivity contribution in [2.75, 3.05) is 113 Å². The Kier molecular flexibility index (Phi) is 43.6. The molecule has 0 spiro atoms. The van der Waals surface area contributed by atoms with Gasteiger partial charge in [0.1, 0.15) is 36.0 Å². The lowest BCUT2D eigenvalue weighted by Crippen LogP contribution is -2.33. The van der Waals surface area contributed by atoms with Gasteiger partial charge in [-0.3, -0.25) is 19.3 Å². The van der Waals surface area contributed by atoms with Crippen molar-refractivity contribution < 1.29 is 106 Å². The molecule has 0 bridgehead atoms. The number of methoxy groups -OCH3 is 5. The molecule has 14 aromatic rings. The molecule has 0 radical (unpaired) electrons. The van der Waals surface area contributed by atoms with Crippen LogP contribution in [0.3, 0.4) is 0 Å². The third kappa shape index (κ3) is 31.6. The van der Waals surface area contributed by atoms with Crippen LogP contribution < -0.4 is 42.6 Å².